The first-order valence-corrected chi connectivity index (χ1v) is 8.24. The molecule has 0 N–H and O–H groups in total. The van der Waals surface area contributed by atoms with E-state index in [1.165, 1.54) is 31.0 Å². The molecular weight excluding hydrogens is 268 g/mol. The second-order valence-electron chi connectivity index (χ2n) is 6.02. The molecule has 2 heterocycles. The molecule has 1 aromatic carbocycles. The summed E-state index contributed by atoms with van der Waals surface area (Å²) in [6, 6.07) is 11.2. The number of thiophene rings is 2. The van der Waals surface area contributed by atoms with Gasteiger partial charge in [-0.2, -0.15) is 0 Å². The molecule has 3 rings (SSSR count). The number of hydrogen-bond acceptors (Lipinski definition) is 2. The zero-order valence-electron chi connectivity index (χ0n) is 11.8. The Morgan fingerprint density at radius 1 is 1.05 bits per heavy atom. The summed E-state index contributed by atoms with van der Waals surface area (Å²) in [6.45, 7) is 9.06. The fraction of sp³-hybridized carbons (Fsp3) is 0.294. The van der Waals surface area contributed by atoms with Crippen LogP contribution in [-0.2, 0) is 5.41 Å². The van der Waals surface area contributed by atoms with Gasteiger partial charge in [0.2, 0.25) is 0 Å². The Bertz CT molecular complexity index is 723. The standard InChI is InChI=1S/C17H18S2/c1-11-10-18-15-9-14(19-16(11)15)12-7-5-6-8-13(12)17(2,3)4/h5-10H,1-4H3. The van der Waals surface area contributed by atoms with Crippen molar-refractivity contribution in [2.75, 3.05) is 0 Å². The molecule has 0 nitrogen and oxygen atoms in total. The van der Waals surface area contributed by atoms with E-state index < -0.39 is 0 Å². The lowest BCUT2D eigenvalue weighted by Crippen LogP contribution is -2.12. The van der Waals surface area contributed by atoms with Crippen molar-refractivity contribution in [1.82, 2.24) is 0 Å². The lowest BCUT2D eigenvalue weighted by molar-refractivity contribution is 0.592. The van der Waals surface area contributed by atoms with Crippen LogP contribution in [0.2, 0.25) is 0 Å². The zero-order valence-corrected chi connectivity index (χ0v) is 13.4. The van der Waals surface area contributed by atoms with Crippen LogP contribution in [0.5, 0.6) is 0 Å². The predicted octanol–water partition coefficient (Wildman–Crippen LogP) is 6.24. The van der Waals surface area contributed by atoms with Crippen LogP contribution in [0.15, 0.2) is 35.7 Å². The first-order valence-electron chi connectivity index (χ1n) is 6.54. The summed E-state index contributed by atoms with van der Waals surface area (Å²) in [7, 11) is 0. The second kappa shape index (κ2) is 4.46. The van der Waals surface area contributed by atoms with Gasteiger partial charge in [0.25, 0.3) is 0 Å². The molecule has 0 amide bonds. The van der Waals surface area contributed by atoms with Crippen LogP contribution in [0.4, 0.5) is 0 Å². The van der Waals surface area contributed by atoms with E-state index in [2.05, 4.69) is 63.4 Å². The average Bonchev–Trinajstić information content (AvgIpc) is 2.91. The fourth-order valence-corrected chi connectivity index (χ4v) is 4.78. The SMILES string of the molecule is Cc1csc2cc(-c3ccccc3C(C)(C)C)sc12. The van der Waals surface area contributed by atoms with Gasteiger partial charge in [-0.15, -0.1) is 22.7 Å². The van der Waals surface area contributed by atoms with Crippen molar-refractivity contribution >= 4 is 32.1 Å². The minimum absolute atomic E-state index is 0.184. The van der Waals surface area contributed by atoms with Crippen LogP contribution in [0.3, 0.4) is 0 Å². The molecule has 2 heteroatoms. The normalized spacial score (nSPS) is 12.2. The first kappa shape index (κ1) is 12.9. The Morgan fingerprint density at radius 2 is 1.79 bits per heavy atom. The van der Waals surface area contributed by atoms with Gasteiger partial charge >= 0.3 is 0 Å². The molecule has 0 spiro atoms. The van der Waals surface area contributed by atoms with Crippen molar-refractivity contribution < 1.29 is 0 Å². The van der Waals surface area contributed by atoms with Gasteiger partial charge in [-0.25, -0.2) is 0 Å². The van der Waals surface area contributed by atoms with E-state index in [0.717, 1.165) is 0 Å². The predicted molar refractivity (Wildman–Crippen MR) is 88.6 cm³/mol. The maximum absolute atomic E-state index is 2.35. The highest BCUT2D eigenvalue weighted by Crippen LogP contribution is 2.41. The molecule has 19 heavy (non-hydrogen) atoms. The Kier molecular flexibility index (Phi) is 3.03. The van der Waals surface area contributed by atoms with Crippen LogP contribution in [-0.4, -0.2) is 0 Å². The average molecular weight is 286 g/mol. The fourth-order valence-electron chi connectivity index (χ4n) is 2.43. The van der Waals surface area contributed by atoms with Gasteiger partial charge in [-0.05, 0) is 40.5 Å². The number of fused-ring (bicyclic) bond motifs is 1. The first-order chi connectivity index (χ1) is 8.97. The summed E-state index contributed by atoms with van der Waals surface area (Å²) < 4.78 is 2.87. The smallest absolute Gasteiger partial charge is 0.0486 e. The largest absolute Gasteiger partial charge is 0.143 e. The van der Waals surface area contributed by atoms with Gasteiger partial charge in [0.15, 0.2) is 0 Å². The molecule has 0 bridgehead atoms. The highest BCUT2D eigenvalue weighted by atomic mass is 32.1. The molecule has 2 aromatic heterocycles. The minimum Gasteiger partial charge on any atom is -0.143 e. The molecule has 0 saturated carbocycles. The maximum atomic E-state index is 2.35. The van der Waals surface area contributed by atoms with Crippen LogP contribution in [0.25, 0.3) is 19.8 Å². The summed E-state index contributed by atoms with van der Waals surface area (Å²) in [5.41, 5.74) is 4.41. The van der Waals surface area contributed by atoms with Crippen molar-refractivity contribution in [2.24, 2.45) is 0 Å². The molecule has 0 radical (unpaired) electrons. The molecule has 98 valence electrons. The van der Waals surface area contributed by atoms with Gasteiger partial charge in [0, 0.05) is 14.3 Å². The Labute approximate surface area is 122 Å². The minimum atomic E-state index is 0.184. The van der Waals surface area contributed by atoms with E-state index >= 15 is 0 Å². The molecule has 0 atom stereocenters. The summed E-state index contributed by atoms with van der Waals surface area (Å²) >= 11 is 3.78. The molecule has 3 aromatic rings. The molecule has 0 aliphatic carbocycles. The van der Waals surface area contributed by atoms with Crippen molar-refractivity contribution in [3.8, 4) is 10.4 Å². The summed E-state index contributed by atoms with van der Waals surface area (Å²) in [6.07, 6.45) is 0. The van der Waals surface area contributed by atoms with E-state index in [4.69, 9.17) is 0 Å². The van der Waals surface area contributed by atoms with E-state index in [0.29, 0.717) is 0 Å². The van der Waals surface area contributed by atoms with E-state index in [1.807, 2.05) is 22.7 Å². The van der Waals surface area contributed by atoms with Gasteiger partial charge in [0.05, 0.1) is 0 Å². The third-order valence-electron chi connectivity index (χ3n) is 3.42. The van der Waals surface area contributed by atoms with Crippen molar-refractivity contribution in [1.29, 1.82) is 0 Å². The molecule has 0 saturated heterocycles. The van der Waals surface area contributed by atoms with E-state index in [1.54, 1.807) is 0 Å². The van der Waals surface area contributed by atoms with Crippen LogP contribution < -0.4 is 0 Å². The molecule has 0 unspecified atom stereocenters. The van der Waals surface area contributed by atoms with Crippen molar-refractivity contribution in [2.45, 2.75) is 33.1 Å². The van der Waals surface area contributed by atoms with E-state index in [-0.39, 0.29) is 5.41 Å². The highest BCUT2D eigenvalue weighted by Gasteiger charge is 2.19. The highest BCUT2D eigenvalue weighted by molar-refractivity contribution is 7.29. The zero-order chi connectivity index (χ0) is 13.6. The summed E-state index contributed by atoms with van der Waals surface area (Å²) in [5.74, 6) is 0. The van der Waals surface area contributed by atoms with Gasteiger partial charge in [-0.3, -0.25) is 0 Å². The van der Waals surface area contributed by atoms with Crippen molar-refractivity contribution in [3.05, 3.63) is 46.8 Å². The molecule has 0 aliphatic rings. The maximum Gasteiger partial charge on any atom is 0.0486 e. The van der Waals surface area contributed by atoms with Gasteiger partial charge < -0.3 is 0 Å². The lowest BCUT2D eigenvalue weighted by atomic mass is 9.83. The monoisotopic (exact) mass is 286 g/mol. The van der Waals surface area contributed by atoms with Crippen LogP contribution in [0, 0.1) is 6.92 Å². The molecule has 0 fully saturated rings. The quantitative estimate of drug-likeness (QED) is 0.497. The topological polar surface area (TPSA) is 0 Å². The number of benzene rings is 1. The van der Waals surface area contributed by atoms with E-state index in [9.17, 15) is 0 Å². The van der Waals surface area contributed by atoms with Crippen LogP contribution in [0.1, 0.15) is 31.9 Å². The molecular formula is C17H18S2. The van der Waals surface area contributed by atoms with Gasteiger partial charge in [-0.1, -0.05) is 45.0 Å². The number of rotatable bonds is 1. The Balaban J connectivity index is 2.21. The van der Waals surface area contributed by atoms with Crippen molar-refractivity contribution in [3.63, 3.8) is 0 Å². The Hall–Kier alpha value is -1.12. The third kappa shape index (κ3) is 2.24. The summed E-state index contributed by atoms with van der Waals surface area (Å²) in [5, 5.41) is 2.25. The summed E-state index contributed by atoms with van der Waals surface area (Å²) in [4.78, 5) is 1.40. The van der Waals surface area contributed by atoms with Gasteiger partial charge in [0.1, 0.15) is 0 Å². The third-order valence-corrected chi connectivity index (χ3v) is 5.90. The number of aryl methyl sites for hydroxylation is 1. The lowest BCUT2D eigenvalue weighted by Gasteiger charge is -2.22. The Morgan fingerprint density at radius 3 is 2.47 bits per heavy atom. The van der Waals surface area contributed by atoms with Crippen LogP contribution >= 0.6 is 22.7 Å². The second-order valence-corrected chi connectivity index (χ2v) is 7.98. The molecule has 0 aliphatic heterocycles. The number of hydrogen-bond donors (Lipinski definition) is 0.